The Kier molecular flexibility index (Phi) is 7.24. The second kappa shape index (κ2) is 9.71. The van der Waals surface area contributed by atoms with Gasteiger partial charge in [0.2, 0.25) is 0 Å². The third-order valence-corrected chi connectivity index (χ3v) is 5.62. The Morgan fingerprint density at radius 1 is 1.11 bits per heavy atom. The molecule has 2 aromatic rings. The number of rotatable bonds is 4. The van der Waals surface area contributed by atoms with Crippen LogP contribution in [0.15, 0.2) is 48.1 Å². The minimum Gasteiger partial charge on any atom is -0.469 e. The van der Waals surface area contributed by atoms with Crippen molar-refractivity contribution in [3.63, 3.8) is 0 Å². The highest BCUT2D eigenvalue weighted by molar-refractivity contribution is 6.07. The quantitative estimate of drug-likeness (QED) is 0.334. The maximum absolute atomic E-state index is 14.9. The van der Waals surface area contributed by atoms with Crippen molar-refractivity contribution in [2.75, 3.05) is 7.11 Å². The Balaban J connectivity index is 2.40. The first-order valence-corrected chi connectivity index (χ1v) is 10.8. The van der Waals surface area contributed by atoms with Crippen LogP contribution < -0.4 is 0 Å². The molecule has 2 heterocycles. The number of nitrogens with zero attached hydrogens (tertiary/aromatic N) is 3. The molecule has 0 fully saturated rings. The van der Waals surface area contributed by atoms with Crippen molar-refractivity contribution in [2.24, 2.45) is 10.9 Å². The monoisotopic (exact) mass is 507 g/mol. The molecule has 0 saturated carbocycles. The first-order valence-electron chi connectivity index (χ1n) is 10.8. The van der Waals surface area contributed by atoms with E-state index in [1.807, 2.05) is 0 Å². The molecular formula is C25H25F4N3O4. The molecule has 3 atom stereocenters. The maximum atomic E-state index is 14.9. The number of hydrogen-bond donors (Lipinski definition) is 0. The number of methoxy groups -OCH3 is 1. The molecule has 1 amide bonds. The number of amides is 1. The smallest absolute Gasteiger partial charge is 0.416 e. The second-order valence-electron chi connectivity index (χ2n) is 9.27. The van der Waals surface area contributed by atoms with Gasteiger partial charge in [-0.2, -0.15) is 0 Å². The van der Waals surface area contributed by atoms with Crippen LogP contribution in [0.4, 0.5) is 22.4 Å². The van der Waals surface area contributed by atoms with Gasteiger partial charge in [0.15, 0.2) is 23.3 Å². The molecular weight excluding hydrogens is 482 g/mol. The van der Waals surface area contributed by atoms with E-state index in [1.54, 1.807) is 20.8 Å². The van der Waals surface area contributed by atoms with Gasteiger partial charge < -0.3 is 9.47 Å². The lowest BCUT2D eigenvalue weighted by molar-refractivity contribution is -0.150. The number of amidine groups is 1. The molecule has 1 aliphatic heterocycles. The van der Waals surface area contributed by atoms with Gasteiger partial charge in [-0.25, -0.2) is 27.3 Å². The van der Waals surface area contributed by atoms with E-state index in [9.17, 15) is 27.2 Å². The minimum atomic E-state index is -1.74. The van der Waals surface area contributed by atoms with Crippen molar-refractivity contribution < 1.29 is 36.6 Å². The largest absolute Gasteiger partial charge is 0.469 e. The molecule has 7 nitrogen and oxygen atoms in total. The Labute approximate surface area is 205 Å². The topological polar surface area (TPSA) is 81.1 Å². The molecule has 3 unspecified atom stereocenters. The molecule has 36 heavy (non-hydrogen) atoms. The second-order valence-corrected chi connectivity index (χ2v) is 9.27. The summed E-state index contributed by atoms with van der Waals surface area (Å²) in [4.78, 5) is 35.5. The average molecular weight is 507 g/mol. The van der Waals surface area contributed by atoms with Gasteiger partial charge in [0, 0.05) is 6.07 Å². The molecule has 1 aromatic heterocycles. The molecule has 0 bridgehead atoms. The predicted octanol–water partition coefficient (Wildman–Crippen LogP) is 4.89. The maximum Gasteiger partial charge on any atom is 0.416 e. The standard InChI is InChI=1S/C25H25F4N3O4/c1-7-18-19(22(33)35-6)25(5,13-8-9-15(27)16(28)10-13)31-21(20-17(29)11-14(26)12-30-20)32(18)23(34)36-24(2,3)4/h7-12,18-19H,1H2,2-6H3. The number of hydrogen-bond acceptors (Lipinski definition) is 6. The van der Waals surface area contributed by atoms with Crippen LogP contribution in [0.2, 0.25) is 0 Å². The first-order chi connectivity index (χ1) is 16.7. The predicted molar refractivity (Wildman–Crippen MR) is 122 cm³/mol. The molecule has 0 N–H and O–H groups in total. The van der Waals surface area contributed by atoms with Crippen molar-refractivity contribution in [2.45, 2.75) is 44.9 Å². The zero-order valence-corrected chi connectivity index (χ0v) is 20.3. The fourth-order valence-electron chi connectivity index (χ4n) is 4.02. The summed E-state index contributed by atoms with van der Waals surface area (Å²) in [6, 6.07) is 2.16. The lowest BCUT2D eigenvalue weighted by atomic mass is 9.73. The summed E-state index contributed by atoms with van der Waals surface area (Å²) in [6.45, 7) is 9.90. The molecule has 0 radical (unpaired) electrons. The Morgan fingerprint density at radius 3 is 2.31 bits per heavy atom. The van der Waals surface area contributed by atoms with E-state index in [-0.39, 0.29) is 5.56 Å². The molecule has 0 aliphatic carbocycles. The van der Waals surface area contributed by atoms with Gasteiger partial charge in [0.05, 0.1) is 19.3 Å². The molecule has 1 aromatic carbocycles. The number of benzene rings is 1. The summed E-state index contributed by atoms with van der Waals surface area (Å²) >= 11 is 0. The number of pyridine rings is 1. The van der Waals surface area contributed by atoms with Gasteiger partial charge in [-0.1, -0.05) is 12.1 Å². The van der Waals surface area contributed by atoms with Crippen LogP contribution in [0.3, 0.4) is 0 Å². The van der Waals surface area contributed by atoms with E-state index in [4.69, 9.17) is 9.47 Å². The molecule has 192 valence electrons. The van der Waals surface area contributed by atoms with Gasteiger partial charge in [-0.3, -0.25) is 14.7 Å². The minimum absolute atomic E-state index is 0.0208. The Morgan fingerprint density at radius 2 is 1.78 bits per heavy atom. The highest BCUT2D eigenvalue weighted by Gasteiger charge is 2.54. The number of ether oxygens (including phenoxy) is 2. The van der Waals surface area contributed by atoms with E-state index < -0.39 is 70.0 Å². The normalized spacial score (nSPS) is 22.0. The van der Waals surface area contributed by atoms with Crippen molar-refractivity contribution in [3.8, 4) is 0 Å². The van der Waals surface area contributed by atoms with Crippen molar-refractivity contribution >= 4 is 17.9 Å². The Hall–Kier alpha value is -3.76. The number of carbonyl (C=O) groups excluding carboxylic acids is 2. The summed E-state index contributed by atoms with van der Waals surface area (Å²) in [6.07, 6.45) is 0.913. The molecule has 3 rings (SSSR count). The number of aliphatic imine (C=N–C) groups is 1. The van der Waals surface area contributed by atoms with E-state index in [2.05, 4.69) is 16.6 Å². The van der Waals surface area contributed by atoms with Gasteiger partial charge in [0.1, 0.15) is 28.6 Å². The summed E-state index contributed by atoms with van der Waals surface area (Å²) in [7, 11) is 1.10. The number of esters is 1. The third-order valence-electron chi connectivity index (χ3n) is 5.62. The van der Waals surface area contributed by atoms with Crippen molar-refractivity contribution in [3.05, 3.63) is 77.6 Å². The number of halogens is 4. The number of aromatic nitrogens is 1. The van der Waals surface area contributed by atoms with Gasteiger partial charge in [0.25, 0.3) is 0 Å². The van der Waals surface area contributed by atoms with Gasteiger partial charge in [-0.05, 0) is 45.4 Å². The highest BCUT2D eigenvalue weighted by atomic mass is 19.2. The van der Waals surface area contributed by atoms with Crippen LogP contribution in [0, 0.1) is 29.2 Å². The third kappa shape index (κ3) is 4.95. The van der Waals surface area contributed by atoms with E-state index in [1.165, 1.54) is 19.1 Å². The zero-order chi connectivity index (χ0) is 27.0. The molecule has 0 saturated heterocycles. The van der Waals surface area contributed by atoms with Crippen LogP contribution in [-0.2, 0) is 19.8 Å². The zero-order valence-electron chi connectivity index (χ0n) is 20.3. The summed E-state index contributed by atoms with van der Waals surface area (Å²) in [5, 5.41) is 0. The van der Waals surface area contributed by atoms with E-state index >= 15 is 0 Å². The summed E-state index contributed by atoms with van der Waals surface area (Å²) < 4.78 is 67.0. The van der Waals surface area contributed by atoms with Crippen LogP contribution >= 0.6 is 0 Å². The van der Waals surface area contributed by atoms with E-state index in [0.717, 1.165) is 30.3 Å². The van der Waals surface area contributed by atoms with Crippen LogP contribution in [-0.4, -0.2) is 46.5 Å². The van der Waals surface area contributed by atoms with E-state index in [0.29, 0.717) is 6.07 Å². The average Bonchev–Trinajstić information content (AvgIpc) is 2.78. The lowest BCUT2D eigenvalue weighted by Gasteiger charge is -2.46. The Bertz CT molecular complexity index is 1240. The summed E-state index contributed by atoms with van der Waals surface area (Å²) in [5.74, 6) is -7.15. The SMILES string of the molecule is C=CC1C(C(=O)OC)C(C)(c2ccc(F)c(F)c2)N=C(c2ncc(F)cc2F)N1C(=O)OC(C)(C)C. The first kappa shape index (κ1) is 26.8. The highest BCUT2D eigenvalue weighted by Crippen LogP contribution is 2.44. The van der Waals surface area contributed by atoms with Crippen LogP contribution in [0.25, 0.3) is 0 Å². The lowest BCUT2D eigenvalue weighted by Crippen LogP contribution is -2.60. The van der Waals surface area contributed by atoms with Gasteiger partial charge in [-0.15, -0.1) is 6.58 Å². The molecule has 0 spiro atoms. The molecule has 1 aliphatic rings. The van der Waals surface area contributed by atoms with Crippen LogP contribution in [0.5, 0.6) is 0 Å². The fourth-order valence-corrected chi connectivity index (χ4v) is 4.02. The van der Waals surface area contributed by atoms with Crippen molar-refractivity contribution in [1.82, 2.24) is 9.88 Å². The summed E-state index contributed by atoms with van der Waals surface area (Å²) in [5.41, 5.74) is -3.26. The van der Waals surface area contributed by atoms with Crippen LogP contribution in [0.1, 0.15) is 39.0 Å². The fraction of sp³-hybridized carbons (Fsp3) is 0.360. The van der Waals surface area contributed by atoms with Crippen molar-refractivity contribution in [1.29, 1.82) is 0 Å². The molecule has 11 heteroatoms. The number of carbonyl (C=O) groups is 2. The van der Waals surface area contributed by atoms with Gasteiger partial charge >= 0.3 is 12.1 Å².